The number of hydrogen-bond acceptors (Lipinski definition) is 6. The first-order chi connectivity index (χ1) is 17.0. The molecule has 1 aromatic carbocycles. The molecule has 2 aromatic rings. The van der Waals surface area contributed by atoms with E-state index in [1.54, 1.807) is 18.3 Å². The fraction of sp³-hybridized carbons (Fsp3) is 0.600. The summed E-state index contributed by atoms with van der Waals surface area (Å²) in [6.07, 6.45) is 7.17. The predicted molar refractivity (Wildman–Crippen MR) is 132 cm³/mol. The maximum Gasteiger partial charge on any atom is 0.279 e. The Kier molecular flexibility index (Phi) is 7.62. The van der Waals surface area contributed by atoms with E-state index in [2.05, 4.69) is 19.8 Å². The molecular weight excluding hydrogens is 469 g/mol. The van der Waals surface area contributed by atoms with Crippen molar-refractivity contribution < 1.29 is 17.5 Å². The van der Waals surface area contributed by atoms with E-state index in [1.165, 1.54) is 10.4 Å². The highest BCUT2D eigenvalue weighted by Gasteiger charge is 2.37. The highest BCUT2D eigenvalue weighted by molar-refractivity contribution is 7.87. The van der Waals surface area contributed by atoms with E-state index in [1.807, 2.05) is 18.2 Å². The van der Waals surface area contributed by atoms with Crippen LogP contribution in [0.3, 0.4) is 0 Å². The molecule has 0 amide bonds. The first-order valence-corrected chi connectivity index (χ1v) is 14.1. The highest BCUT2D eigenvalue weighted by atomic mass is 32.2. The maximum absolute atomic E-state index is 13.6. The van der Waals surface area contributed by atoms with Gasteiger partial charge in [0.2, 0.25) is 0 Å². The Labute approximate surface area is 207 Å². The molecule has 0 spiro atoms. The Morgan fingerprint density at radius 2 is 1.89 bits per heavy atom. The number of nitrogens with zero attached hydrogens (tertiary/aromatic N) is 4. The van der Waals surface area contributed by atoms with Crippen molar-refractivity contribution in [2.45, 2.75) is 56.6 Å². The minimum Gasteiger partial charge on any atom is -0.378 e. The number of anilines is 1. The van der Waals surface area contributed by atoms with Crippen LogP contribution in [-0.4, -0.2) is 67.9 Å². The monoisotopic (exact) mass is 503 g/mol. The average Bonchev–Trinajstić information content (AvgIpc) is 2.83. The molecule has 3 fully saturated rings. The van der Waals surface area contributed by atoms with Gasteiger partial charge in [-0.2, -0.15) is 22.5 Å². The molecule has 2 atom stereocenters. The lowest BCUT2D eigenvalue weighted by molar-refractivity contribution is -0.00230. The molecular formula is C25H34FN5O3S. The molecule has 1 aliphatic carbocycles. The zero-order valence-corrected chi connectivity index (χ0v) is 20.7. The van der Waals surface area contributed by atoms with Gasteiger partial charge in [-0.05, 0) is 74.3 Å². The topological polar surface area (TPSA) is 87.7 Å². The van der Waals surface area contributed by atoms with Crippen molar-refractivity contribution in [3.05, 3.63) is 54.0 Å². The summed E-state index contributed by atoms with van der Waals surface area (Å²) in [5.41, 5.74) is 1.07. The van der Waals surface area contributed by atoms with Crippen molar-refractivity contribution in [1.29, 1.82) is 0 Å². The molecule has 1 saturated carbocycles. The van der Waals surface area contributed by atoms with Gasteiger partial charge < -0.3 is 9.64 Å². The van der Waals surface area contributed by atoms with Gasteiger partial charge in [0.15, 0.2) is 5.82 Å². The fourth-order valence-electron chi connectivity index (χ4n) is 5.40. The molecule has 2 aliphatic heterocycles. The van der Waals surface area contributed by atoms with Crippen molar-refractivity contribution in [3.8, 4) is 0 Å². The summed E-state index contributed by atoms with van der Waals surface area (Å²) in [5, 5.41) is 8.24. The van der Waals surface area contributed by atoms with E-state index in [0.29, 0.717) is 45.1 Å². The lowest BCUT2D eigenvalue weighted by atomic mass is 9.82. The maximum atomic E-state index is 13.6. The summed E-state index contributed by atoms with van der Waals surface area (Å²) in [5.74, 6) is 0.987. The van der Waals surface area contributed by atoms with E-state index >= 15 is 0 Å². The van der Waals surface area contributed by atoms with Crippen molar-refractivity contribution in [1.82, 2.24) is 19.2 Å². The zero-order chi connectivity index (χ0) is 24.3. The molecule has 2 saturated heterocycles. The first kappa shape index (κ1) is 24.5. The SMILES string of the molecule is O=S(=O)(N[C@H]1CCN(c2cccnn2)CC1COC1CCC(c2cccc(F)c2)CC1)N1CCC1. The van der Waals surface area contributed by atoms with E-state index in [9.17, 15) is 12.8 Å². The number of hydrogen-bond donors (Lipinski definition) is 1. The van der Waals surface area contributed by atoms with Gasteiger partial charge in [0.05, 0.1) is 12.7 Å². The number of halogens is 1. The molecule has 10 heteroatoms. The van der Waals surface area contributed by atoms with Crippen LogP contribution in [-0.2, 0) is 14.9 Å². The Bertz CT molecular complexity index is 1080. The van der Waals surface area contributed by atoms with Crippen molar-refractivity contribution in [3.63, 3.8) is 0 Å². The molecule has 0 radical (unpaired) electrons. The molecule has 0 bridgehead atoms. The van der Waals surface area contributed by atoms with Gasteiger partial charge >= 0.3 is 0 Å². The normalized spacial score (nSPS) is 28.0. The Morgan fingerprint density at radius 1 is 1.06 bits per heavy atom. The van der Waals surface area contributed by atoms with Crippen molar-refractivity contribution in [2.24, 2.45) is 5.92 Å². The van der Waals surface area contributed by atoms with Gasteiger partial charge in [0.1, 0.15) is 5.82 Å². The minimum atomic E-state index is -3.47. The Balaban J connectivity index is 1.20. The van der Waals surface area contributed by atoms with Crippen LogP contribution in [0.4, 0.5) is 10.2 Å². The summed E-state index contributed by atoms with van der Waals surface area (Å²) in [7, 11) is -3.47. The highest BCUT2D eigenvalue weighted by Crippen LogP contribution is 2.35. The average molecular weight is 504 g/mol. The number of piperidine rings is 1. The molecule has 1 unspecified atom stereocenters. The molecule has 1 N–H and O–H groups in total. The van der Waals surface area contributed by atoms with E-state index < -0.39 is 10.2 Å². The Hall–Kier alpha value is -2.14. The third-order valence-corrected chi connectivity index (χ3v) is 9.26. The Morgan fingerprint density at radius 3 is 2.57 bits per heavy atom. The van der Waals surface area contributed by atoms with Gasteiger partial charge in [-0.15, -0.1) is 5.10 Å². The standard InChI is InChI=1S/C25H34FN5O3S/c26-22-5-1-4-20(16-22)19-7-9-23(10-8-19)34-18-21-17-30(25-6-2-12-27-28-25)15-11-24(21)29-35(32,33)31-13-3-14-31/h1-2,4-6,12,16,19,21,23-24,29H,3,7-11,13-15,17-18H2/t19?,21?,23?,24-/m0/s1. The zero-order valence-electron chi connectivity index (χ0n) is 19.9. The smallest absolute Gasteiger partial charge is 0.279 e. The van der Waals surface area contributed by atoms with Crippen LogP contribution in [0.25, 0.3) is 0 Å². The summed E-state index contributed by atoms with van der Waals surface area (Å²) >= 11 is 0. The summed E-state index contributed by atoms with van der Waals surface area (Å²) in [6.45, 7) is 3.03. The van der Waals surface area contributed by atoms with Crippen LogP contribution in [0.1, 0.15) is 50.0 Å². The largest absolute Gasteiger partial charge is 0.378 e. The summed E-state index contributed by atoms with van der Waals surface area (Å²) < 4.78 is 50.0. The van der Waals surface area contributed by atoms with Gasteiger partial charge in [-0.1, -0.05) is 12.1 Å². The van der Waals surface area contributed by atoms with Gasteiger partial charge in [0.25, 0.3) is 10.2 Å². The van der Waals surface area contributed by atoms with Gasteiger partial charge in [-0.3, -0.25) is 0 Å². The predicted octanol–water partition coefficient (Wildman–Crippen LogP) is 3.09. The molecule has 35 heavy (non-hydrogen) atoms. The lowest BCUT2D eigenvalue weighted by Crippen LogP contribution is -2.57. The van der Waals surface area contributed by atoms with Crippen LogP contribution < -0.4 is 9.62 Å². The molecule has 5 rings (SSSR count). The first-order valence-electron chi connectivity index (χ1n) is 12.6. The van der Waals surface area contributed by atoms with Crippen LogP contribution in [0.5, 0.6) is 0 Å². The van der Waals surface area contributed by atoms with Gasteiger partial charge in [0, 0.05) is 44.3 Å². The van der Waals surface area contributed by atoms with Crippen molar-refractivity contribution in [2.75, 3.05) is 37.7 Å². The molecule has 1 aromatic heterocycles. The fourth-order valence-corrected chi connectivity index (χ4v) is 6.98. The van der Waals surface area contributed by atoms with E-state index in [0.717, 1.165) is 43.5 Å². The summed E-state index contributed by atoms with van der Waals surface area (Å²) in [4.78, 5) is 2.16. The minimum absolute atomic E-state index is 0.00255. The number of benzene rings is 1. The van der Waals surface area contributed by atoms with Crippen LogP contribution >= 0.6 is 0 Å². The van der Waals surface area contributed by atoms with E-state index in [4.69, 9.17) is 4.74 Å². The third kappa shape index (κ3) is 5.99. The second-order valence-electron chi connectivity index (χ2n) is 9.92. The van der Waals surface area contributed by atoms with Crippen LogP contribution in [0.15, 0.2) is 42.6 Å². The molecule has 190 valence electrons. The quantitative estimate of drug-likeness (QED) is 0.596. The van der Waals surface area contributed by atoms with Crippen LogP contribution in [0.2, 0.25) is 0 Å². The number of aromatic nitrogens is 2. The number of ether oxygens (including phenoxy) is 1. The second-order valence-corrected chi connectivity index (χ2v) is 11.6. The third-order valence-electron chi connectivity index (χ3n) is 7.61. The van der Waals surface area contributed by atoms with E-state index in [-0.39, 0.29) is 23.9 Å². The summed E-state index contributed by atoms with van der Waals surface area (Å²) in [6, 6.07) is 10.5. The number of rotatable bonds is 8. The molecule has 3 aliphatic rings. The molecule has 3 heterocycles. The second kappa shape index (κ2) is 10.9. The van der Waals surface area contributed by atoms with Crippen LogP contribution in [0, 0.1) is 11.7 Å². The number of nitrogens with one attached hydrogen (secondary N) is 1. The lowest BCUT2D eigenvalue weighted by Gasteiger charge is -2.41. The van der Waals surface area contributed by atoms with Crippen molar-refractivity contribution >= 4 is 16.0 Å². The molecule has 8 nitrogen and oxygen atoms in total. The van der Waals surface area contributed by atoms with Gasteiger partial charge in [-0.25, -0.2) is 4.39 Å².